The summed E-state index contributed by atoms with van der Waals surface area (Å²) in [5.41, 5.74) is 5.62. The first kappa shape index (κ1) is 12.5. The van der Waals surface area contributed by atoms with Crippen LogP contribution in [0.4, 0.5) is 0 Å². The summed E-state index contributed by atoms with van der Waals surface area (Å²) < 4.78 is 5.20. The number of rotatable bonds is 6. The molecular weight excluding hydrogens is 192 g/mol. The summed E-state index contributed by atoms with van der Waals surface area (Å²) in [4.78, 5) is 13.7. The molecule has 1 aliphatic rings. The molecule has 1 saturated heterocycles. The molecule has 88 valence electrons. The molecule has 4 nitrogen and oxygen atoms in total. The minimum absolute atomic E-state index is 0.239. The van der Waals surface area contributed by atoms with Gasteiger partial charge in [0.2, 0.25) is 5.91 Å². The van der Waals surface area contributed by atoms with E-state index in [0.717, 1.165) is 32.4 Å². The van der Waals surface area contributed by atoms with Crippen molar-refractivity contribution in [1.29, 1.82) is 0 Å². The third kappa shape index (κ3) is 3.80. The summed E-state index contributed by atoms with van der Waals surface area (Å²) in [5, 5.41) is 0. The predicted molar refractivity (Wildman–Crippen MR) is 59.5 cm³/mol. The zero-order valence-corrected chi connectivity index (χ0v) is 9.58. The smallest absolute Gasteiger partial charge is 0.222 e. The van der Waals surface area contributed by atoms with Gasteiger partial charge >= 0.3 is 0 Å². The number of nitrogens with two attached hydrogens (primary N) is 1. The maximum atomic E-state index is 11.8. The quantitative estimate of drug-likeness (QED) is 0.664. The number of hydrogen-bond acceptors (Lipinski definition) is 3. The molecule has 0 saturated carbocycles. The van der Waals surface area contributed by atoms with Crippen molar-refractivity contribution in [1.82, 2.24) is 4.90 Å². The maximum absolute atomic E-state index is 11.8. The molecule has 0 bridgehead atoms. The van der Waals surface area contributed by atoms with Crippen LogP contribution < -0.4 is 5.73 Å². The molecule has 0 aromatic carbocycles. The summed E-state index contributed by atoms with van der Waals surface area (Å²) in [6.07, 6.45) is 3.57. The van der Waals surface area contributed by atoms with E-state index in [1.807, 2.05) is 11.8 Å². The van der Waals surface area contributed by atoms with Crippen LogP contribution in [0.1, 0.15) is 32.6 Å². The Morgan fingerprint density at radius 2 is 2.40 bits per heavy atom. The van der Waals surface area contributed by atoms with Crippen molar-refractivity contribution in [3.63, 3.8) is 0 Å². The summed E-state index contributed by atoms with van der Waals surface area (Å²) in [7, 11) is 0. The Bertz CT molecular complexity index is 197. The normalized spacial score (nSPS) is 20.9. The first-order valence-corrected chi connectivity index (χ1v) is 5.86. The number of amides is 1. The molecule has 0 radical (unpaired) electrons. The fraction of sp³-hybridized carbons (Fsp3) is 0.909. The van der Waals surface area contributed by atoms with Crippen LogP contribution in [-0.4, -0.2) is 43.2 Å². The molecule has 1 heterocycles. The van der Waals surface area contributed by atoms with Crippen molar-refractivity contribution in [2.75, 3.05) is 26.3 Å². The van der Waals surface area contributed by atoms with Crippen LogP contribution in [0.15, 0.2) is 0 Å². The molecular formula is C11H22N2O2. The highest BCUT2D eigenvalue weighted by molar-refractivity contribution is 5.76. The van der Waals surface area contributed by atoms with Gasteiger partial charge in [-0.05, 0) is 26.2 Å². The summed E-state index contributed by atoms with van der Waals surface area (Å²) in [6, 6.07) is 0.282. The number of nitrogens with zero attached hydrogens (tertiary/aromatic N) is 1. The Morgan fingerprint density at radius 3 is 3.07 bits per heavy atom. The average Bonchev–Trinajstić information content (AvgIpc) is 2.72. The molecule has 0 aromatic rings. The Labute approximate surface area is 91.8 Å². The third-order valence-corrected chi connectivity index (χ3v) is 2.85. The van der Waals surface area contributed by atoms with E-state index in [1.165, 1.54) is 0 Å². The number of ether oxygens (including phenoxy) is 1. The molecule has 1 unspecified atom stereocenters. The lowest BCUT2D eigenvalue weighted by Gasteiger charge is -2.23. The molecule has 1 rings (SSSR count). The molecule has 0 aromatic heterocycles. The SMILES string of the molecule is CCOCCCC(=O)N1CCCC1CN. The van der Waals surface area contributed by atoms with E-state index >= 15 is 0 Å². The highest BCUT2D eigenvalue weighted by Gasteiger charge is 2.26. The number of carbonyl (C=O) groups is 1. The molecule has 4 heteroatoms. The Hall–Kier alpha value is -0.610. The van der Waals surface area contributed by atoms with Gasteiger partial charge in [-0.2, -0.15) is 0 Å². The molecule has 0 spiro atoms. The first-order chi connectivity index (χ1) is 7.29. The Balaban J connectivity index is 2.21. The Kier molecular flexibility index (Phi) is 5.65. The monoisotopic (exact) mass is 214 g/mol. The van der Waals surface area contributed by atoms with Gasteiger partial charge in [0, 0.05) is 38.8 Å². The van der Waals surface area contributed by atoms with E-state index in [4.69, 9.17) is 10.5 Å². The van der Waals surface area contributed by atoms with Gasteiger partial charge in [0.15, 0.2) is 0 Å². The zero-order chi connectivity index (χ0) is 11.1. The van der Waals surface area contributed by atoms with Crippen molar-refractivity contribution in [3.8, 4) is 0 Å². The van der Waals surface area contributed by atoms with E-state index in [-0.39, 0.29) is 11.9 Å². The van der Waals surface area contributed by atoms with Crippen LogP contribution in [-0.2, 0) is 9.53 Å². The first-order valence-electron chi connectivity index (χ1n) is 5.86. The summed E-state index contributed by atoms with van der Waals surface area (Å²) in [5.74, 6) is 0.239. The van der Waals surface area contributed by atoms with Crippen molar-refractivity contribution < 1.29 is 9.53 Å². The molecule has 15 heavy (non-hydrogen) atoms. The van der Waals surface area contributed by atoms with Gasteiger partial charge in [-0.15, -0.1) is 0 Å². The highest BCUT2D eigenvalue weighted by Crippen LogP contribution is 2.17. The van der Waals surface area contributed by atoms with Gasteiger partial charge in [0.1, 0.15) is 0 Å². The minimum atomic E-state index is 0.239. The van der Waals surface area contributed by atoms with Gasteiger partial charge in [0.05, 0.1) is 0 Å². The lowest BCUT2D eigenvalue weighted by atomic mass is 10.2. The van der Waals surface area contributed by atoms with Gasteiger partial charge in [0.25, 0.3) is 0 Å². The van der Waals surface area contributed by atoms with Crippen LogP contribution in [0, 0.1) is 0 Å². The lowest BCUT2D eigenvalue weighted by Crippen LogP contribution is -2.39. The standard InChI is InChI=1S/C11H22N2O2/c1-2-15-8-4-6-11(14)13-7-3-5-10(13)9-12/h10H,2-9,12H2,1H3. The van der Waals surface area contributed by atoms with E-state index in [0.29, 0.717) is 19.6 Å². The van der Waals surface area contributed by atoms with Crippen molar-refractivity contribution in [3.05, 3.63) is 0 Å². The zero-order valence-electron chi connectivity index (χ0n) is 9.58. The second kappa shape index (κ2) is 6.80. The molecule has 0 aliphatic carbocycles. The van der Waals surface area contributed by atoms with Crippen molar-refractivity contribution in [2.45, 2.75) is 38.6 Å². The summed E-state index contributed by atoms with van der Waals surface area (Å²) in [6.45, 7) is 4.85. The van der Waals surface area contributed by atoms with E-state index in [1.54, 1.807) is 0 Å². The van der Waals surface area contributed by atoms with Gasteiger partial charge in [-0.25, -0.2) is 0 Å². The largest absolute Gasteiger partial charge is 0.382 e. The average molecular weight is 214 g/mol. The topological polar surface area (TPSA) is 55.6 Å². The molecule has 1 amide bonds. The van der Waals surface area contributed by atoms with Crippen LogP contribution >= 0.6 is 0 Å². The van der Waals surface area contributed by atoms with Crippen LogP contribution in [0.2, 0.25) is 0 Å². The van der Waals surface area contributed by atoms with E-state index in [2.05, 4.69) is 0 Å². The highest BCUT2D eigenvalue weighted by atomic mass is 16.5. The second-order valence-corrected chi connectivity index (χ2v) is 3.92. The molecule has 1 aliphatic heterocycles. The fourth-order valence-electron chi connectivity index (χ4n) is 2.02. The molecule has 2 N–H and O–H groups in total. The van der Waals surface area contributed by atoms with Crippen LogP contribution in [0.25, 0.3) is 0 Å². The number of likely N-dealkylation sites (tertiary alicyclic amines) is 1. The lowest BCUT2D eigenvalue weighted by molar-refractivity contribution is -0.132. The number of hydrogen-bond donors (Lipinski definition) is 1. The van der Waals surface area contributed by atoms with Gasteiger partial charge in [-0.1, -0.05) is 0 Å². The van der Waals surface area contributed by atoms with E-state index < -0.39 is 0 Å². The van der Waals surface area contributed by atoms with Crippen molar-refractivity contribution in [2.24, 2.45) is 5.73 Å². The van der Waals surface area contributed by atoms with E-state index in [9.17, 15) is 4.79 Å². The van der Waals surface area contributed by atoms with Crippen molar-refractivity contribution >= 4 is 5.91 Å². The Morgan fingerprint density at radius 1 is 1.60 bits per heavy atom. The molecule has 1 atom stereocenters. The second-order valence-electron chi connectivity index (χ2n) is 3.92. The third-order valence-electron chi connectivity index (χ3n) is 2.85. The van der Waals surface area contributed by atoms with Crippen LogP contribution in [0.5, 0.6) is 0 Å². The summed E-state index contributed by atoms with van der Waals surface area (Å²) >= 11 is 0. The fourth-order valence-corrected chi connectivity index (χ4v) is 2.02. The molecule has 1 fully saturated rings. The van der Waals surface area contributed by atoms with Gasteiger partial charge in [-0.3, -0.25) is 4.79 Å². The predicted octanol–water partition coefficient (Wildman–Crippen LogP) is 0.753. The van der Waals surface area contributed by atoms with Gasteiger partial charge < -0.3 is 15.4 Å². The minimum Gasteiger partial charge on any atom is -0.382 e. The number of carbonyl (C=O) groups excluding carboxylic acids is 1. The maximum Gasteiger partial charge on any atom is 0.222 e. The van der Waals surface area contributed by atoms with Crippen LogP contribution in [0.3, 0.4) is 0 Å².